The first-order valence-corrected chi connectivity index (χ1v) is 13.6. The van der Waals surface area contributed by atoms with Crippen molar-refractivity contribution in [2.75, 3.05) is 19.5 Å². The minimum atomic E-state index is -1.01. The van der Waals surface area contributed by atoms with Crippen LogP contribution in [0.3, 0.4) is 0 Å². The predicted molar refractivity (Wildman–Crippen MR) is 156 cm³/mol. The number of benzene rings is 2. The molecule has 0 atom stereocenters. The Morgan fingerprint density at radius 3 is 2.39 bits per heavy atom. The number of ether oxygens (including phenoxy) is 2. The molecule has 1 saturated carbocycles. The zero-order valence-corrected chi connectivity index (χ0v) is 23.5. The molecule has 2 aromatic carbocycles. The summed E-state index contributed by atoms with van der Waals surface area (Å²) >= 11 is 0. The number of aromatic carboxylic acids is 1. The monoisotopic (exact) mass is 555 g/mol. The van der Waals surface area contributed by atoms with Crippen molar-refractivity contribution >= 4 is 34.2 Å². The van der Waals surface area contributed by atoms with E-state index in [0.29, 0.717) is 39.6 Å². The van der Waals surface area contributed by atoms with Crippen LogP contribution in [0.15, 0.2) is 42.7 Å². The lowest BCUT2D eigenvalue weighted by molar-refractivity contribution is 0.0696. The van der Waals surface area contributed by atoms with Crippen molar-refractivity contribution in [3.8, 4) is 23.0 Å². The smallest absolute Gasteiger partial charge is 0.335 e. The van der Waals surface area contributed by atoms with E-state index < -0.39 is 11.9 Å². The molecule has 0 saturated heterocycles. The predicted octanol–water partition coefficient (Wildman–Crippen LogP) is 6.03. The van der Waals surface area contributed by atoms with Gasteiger partial charge in [0.05, 0.1) is 42.1 Å². The number of primary amides is 1. The van der Waals surface area contributed by atoms with Crippen molar-refractivity contribution in [1.29, 1.82) is 0 Å². The number of fused-ring (bicyclic) bond motifs is 1. The van der Waals surface area contributed by atoms with E-state index in [1.54, 1.807) is 18.3 Å². The van der Waals surface area contributed by atoms with Crippen LogP contribution in [0, 0.1) is 0 Å². The maximum Gasteiger partial charge on any atom is 0.335 e. The Labute approximate surface area is 237 Å². The van der Waals surface area contributed by atoms with Crippen molar-refractivity contribution in [2.24, 2.45) is 5.73 Å². The SMILES string of the molecule is COc1ncc(-c2cc3ncc(C(N)=O)c(Nc4cc(C(=O)O)cc(C5CCCC5)c4)c3cc2C(C)C)c(OC)n1. The van der Waals surface area contributed by atoms with E-state index >= 15 is 0 Å². The van der Waals surface area contributed by atoms with Gasteiger partial charge in [-0.15, -0.1) is 0 Å². The third-order valence-electron chi connectivity index (χ3n) is 7.62. The van der Waals surface area contributed by atoms with Gasteiger partial charge in [0, 0.05) is 23.5 Å². The number of amides is 1. The summed E-state index contributed by atoms with van der Waals surface area (Å²) in [4.78, 5) is 37.8. The summed E-state index contributed by atoms with van der Waals surface area (Å²) < 4.78 is 10.7. The molecule has 1 amide bonds. The molecule has 2 aromatic heterocycles. The van der Waals surface area contributed by atoms with Crippen LogP contribution in [0.4, 0.5) is 11.4 Å². The van der Waals surface area contributed by atoms with Crippen LogP contribution < -0.4 is 20.5 Å². The van der Waals surface area contributed by atoms with Gasteiger partial charge in [-0.1, -0.05) is 26.7 Å². The average molecular weight is 556 g/mol. The quantitative estimate of drug-likeness (QED) is 0.225. The summed E-state index contributed by atoms with van der Waals surface area (Å²) in [6.45, 7) is 4.12. The molecule has 1 aliphatic carbocycles. The second kappa shape index (κ2) is 11.4. The third-order valence-corrected chi connectivity index (χ3v) is 7.62. The Morgan fingerprint density at radius 1 is 1.00 bits per heavy atom. The maximum atomic E-state index is 12.6. The van der Waals surface area contributed by atoms with Crippen LogP contribution in [0.1, 0.15) is 83.2 Å². The number of methoxy groups -OCH3 is 2. The van der Waals surface area contributed by atoms with Crippen LogP contribution in [0.5, 0.6) is 11.9 Å². The summed E-state index contributed by atoms with van der Waals surface area (Å²) in [5.41, 5.74) is 11.2. The minimum absolute atomic E-state index is 0.0654. The van der Waals surface area contributed by atoms with Crippen molar-refractivity contribution < 1.29 is 24.2 Å². The highest BCUT2D eigenvalue weighted by molar-refractivity contribution is 6.08. The molecule has 212 valence electrons. The highest BCUT2D eigenvalue weighted by Gasteiger charge is 2.23. The van der Waals surface area contributed by atoms with E-state index in [1.165, 1.54) is 20.4 Å². The van der Waals surface area contributed by atoms with Crippen LogP contribution in [0.2, 0.25) is 0 Å². The zero-order chi connectivity index (χ0) is 29.3. The van der Waals surface area contributed by atoms with E-state index in [0.717, 1.165) is 42.4 Å². The van der Waals surface area contributed by atoms with Crippen molar-refractivity contribution in [3.63, 3.8) is 0 Å². The molecule has 4 aromatic rings. The third kappa shape index (κ3) is 5.50. The van der Waals surface area contributed by atoms with Crippen LogP contribution in [-0.4, -0.2) is 46.2 Å². The highest BCUT2D eigenvalue weighted by atomic mass is 16.5. The first-order valence-electron chi connectivity index (χ1n) is 13.6. The second-order valence-electron chi connectivity index (χ2n) is 10.6. The fourth-order valence-corrected chi connectivity index (χ4v) is 5.56. The molecule has 1 aliphatic rings. The number of carboxylic acids is 1. The number of hydrogen-bond donors (Lipinski definition) is 3. The first kappa shape index (κ1) is 27.8. The largest absolute Gasteiger partial charge is 0.480 e. The lowest BCUT2D eigenvalue weighted by atomic mass is 9.90. The molecular weight excluding hydrogens is 522 g/mol. The van der Waals surface area contributed by atoms with Gasteiger partial charge in [-0.3, -0.25) is 9.78 Å². The lowest BCUT2D eigenvalue weighted by Crippen LogP contribution is -2.14. The van der Waals surface area contributed by atoms with Crippen molar-refractivity contribution in [3.05, 3.63) is 65.0 Å². The number of nitrogens with two attached hydrogens (primary N) is 1. The fourth-order valence-electron chi connectivity index (χ4n) is 5.56. The highest BCUT2D eigenvalue weighted by Crippen LogP contribution is 2.41. The number of aromatic nitrogens is 3. The summed E-state index contributed by atoms with van der Waals surface area (Å²) in [5.74, 6) is -0.931. The van der Waals surface area contributed by atoms with Gasteiger partial charge in [-0.2, -0.15) is 4.98 Å². The summed E-state index contributed by atoms with van der Waals surface area (Å²) in [5, 5.41) is 13.8. The molecule has 0 bridgehead atoms. The van der Waals surface area contributed by atoms with Gasteiger partial charge >= 0.3 is 12.0 Å². The first-order chi connectivity index (χ1) is 19.7. The molecule has 10 nitrogen and oxygen atoms in total. The van der Waals surface area contributed by atoms with Gasteiger partial charge in [0.25, 0.3) is 5.91 Å². The van der Waals surface area contributed by atoms with E-state index in [-0.39, 0.29) is 23.1 Å². The average Bonchev–Trinajstić information content (AvgIpc) is 3.51. The Morgan fingerprint density at radius 2 is 1.76 bits per heavy atom. The Balaban J connectivity index is 1.70. The van der Waals surface area contributed by atoms with Crippen molar-refractivity contribution in [1.82, 2.24) is 15.0 Å². The summed E-state index contributed by atoms with van der Waals surface area (Å²) in [6.07, 6.45) is 7.37. The molecular formula is C31H33N5O5. The molecule has 0 radical (unpaired) electrons. The van der Waals surface area contributed by atoms with Gasteiger partial charge in [-0.25, -0.2) is 9.78 Å². The number of hydrogen-bond acceptors (Lipinski definition) is 8. The maximum absolute atomic E-state index is 12.6. The van der Waals surface area contributed by atoms with Gasteiger partial charge in [0.2, 0.25) is 5.88 Å². The zero-order valence-electron chi connectivity index (χ0n) is 23.5. The number of carboxylic acid groups (broad SMARTS) is 1. The molecule has 0 aliphatic heterocycles. The Bertz CT molecular complexity index is 1650. The minimum Gasteiger partial charge on any atom is -0.480 e. The number of anilines is 2. The molecule has 2 heterocycles. The Kier molecular flexibility index (Phi) is 7.74. The van der Waals surface area contributed by atoms with E-state index in [1.807, 2.05) is 18.2 Å². The standard InChI is InChI=1S/C31H33N5O5/c1-16(2)21-12-23-26(13-22(21)24-14-34-31(41-4)36-29(24)40-3)33-15-25(28(32)37)27(23)35-20-10-18(17-7-5-6-8-17)9-19(11-20)30(38)39/h9-17H,5-8H2,1-4H3,(H2,32,37)(H,33,35)(H,38,39). The van der Waals surface area contributed by atoms with Crippen LogP contribution in [0.25, 0.3) is 22.0 Å². The molecule has 0 unspecified atom stereocenters. The van der Waals surface area contributed by atoms with Crippen LogP contribution in [-0.2, 0) is 0 Å². The molecule has 0 spiro atoms. The van der Waals surface area contributed by atoms with Crippen molar-refractivity contribution in [2.45, 2.75) is 51.4 Å². The molecule has 5 rings (SSSR count). The van der Waals surface area contributed by atoms with Gasteiger partial charge in [0.1, 0.15) is 0 Å². The number of rotatable bonds is 9. The number of nitrogens with one attached hydrogen (secondary N) is 1. The van der Waals surface area contributed by atoms with E-state index in [9.17, 15) is 14.7 Å². The lowest BCUT2D eigenvalue weighted by Gasteiger charge is -2.20. The topological polar surface area (TPSA) is 150 Å². The summed E-state index contributed by atoms with van der Waals surface area (Å²) in [6, 6.07) is 9.36. The number of pyridine rings is 1. The van der Waals surface area contributed by atoms with Crippen LogP contribution >= 0.6 is 0 Å². The molecule has 1 fully saturated rings. The summed E-state index contributed by atoms with van der Waals surface area (Å²) in [7, 11) is 3.02. The number of carbonyl (C=O) groups excluding carboxylic acids is 1. The number of nitrogens with zero attached hydrogens (tertiary/aromatic N) is 3. The van der Waals surface area contributed by atoms with E-state index in [4.69, 9.17) is 15.2 Å². The Hall–Kier alpha value is -4.73. The second-order valence-corrected chi connectivity index (χ2v) is 10.6. The fraction of sp³-hybridized carbons (Fsp3) is 0.323. The molecule has 41 heavy (non-hydrogen) atoms. The van der Waals surface area contributed by atoms with Gasteiger partial charge < -0.3 is 25.6 Å². The van der Waals surface area contributed by atoms with Gasteiger partial charge in [0.15, 0.2) is 0 Å². The molecule has 10 heteroatoms. The number of carbonyl (C=O) groups is 2. The normalized spacial score (nSPS) is 13.5. The van der Waals surface area contributed by atoms with Gasteiger partial charge in [-0.05, 0) is 71.7 Å². The van der Waals surface area contributed by atoms with E-state index in [2.05, 4.69) is 34.1 Å². The molecule has 4 N–H and O–H groups in total.